The molecule has 0 spiro atoms. The highest BCUT2D eigenvalue weighted by Crippen LogP contribution is 2.19. The van der Waals surface area contributed by atoms with Crippen molar-refractivity contribution in [3.05, 3.63) is 59.7 Å². The number of nitrogens with one attached hydrogen (secondary N) is 1. The van der Waals surface area contributed by atoms with E-state index in [1.807, 2.05) is 12.1 Å². The van der Waals surface area contributed by atoms with Gasteiger partial charge >= 0.3 is 0 Å². The third kappa shape index (κ3) is 4.30. The van der Waals surface area contributed by atoms with Gasteiger partial charge in [0.1, 0.15) is 5.75 Å². The first-order valence-corrected chi connectivity index (χ1v) is 7.16. The van der Waals surface area contributed by atoms with Crippen molar-refractivity contribution in [2.24, 2.45) is 5.92 Å². The molecule has 2 aromatic carbocycles. The van der Waals surface area contributed by atoms with Gasteiger partial charge in [-0.1, -0.05) is 44.2 Å². The predicted molar refractivity (Wildman–Crippen MR) is 85.3 cm³/mol. The zero-order valence-corrected chi connectivity index (χ0v) is 12.5. The Morgan fingerprint density at radius 2 is 1.85 bits per heavy atom. The second-order valence-corrected chi connectivity index (χ2v) is 5.51. The molecule has 2 aromatic rings. The Labute approximate surface area is 121 Å². The monoisotopic (exact) mass is 269 g/mol. The quantitative estimate of drug-likeness (QED) is 0.824. The van der Waals surface area contributed by atoms with Crippen molar-refractivity contribution in [1.29, 1.82) is 0 Å². The van der Waals surface area contributed by atoms with Crippen LogP contribution in [0.3, 0.4) is 0 Å². The van der Waals surface area contributed by atoms with E-state index in [1.54, 1.807) is 0 Å². The molecule has 0 heterocycles. The van der Waals surface area contributed by atoms with Crippen molar-refractivity contribution in [2.45, 2.75) is 27.3 Å². The SMILES string of the molecule is Cc1ccccc1CNc1cccc(OCC(C)C)c1. The molecule has 106 valence electrons. The zero-order valence-electron chi connectivity index (χ0n) is 12.5. The summed E-state index contributed by atoms with van der Waals surface area (Å²) in [5.74, 6) is 1.46. The fourth-order valence-electron chi connectivity index (χ4n) is 1.96. The van der Waals surface area contributed by atoms with Gasteiger partial charge in [0.15, 0.2) is 0 Å². The third-order valence-electron chi connectivity index (χ3n) is 3.16. The highest BCUT2D eigenvalue weighted by molar-refractivity contribution is 5.48. The molecule has 0 unspecified atom stereocenters. The van der Waals surface area contributed by atoms with Crippen LogP contribution in [0.2, 0.25) is 0 Å². The van der Waals surface area contributed by atoms with Crippen molar-refractivity contribution < 1.29 is 4.74 Å². The van der Waals surface area contributed by atoms with Crippen molar-refractivity contribution in [1.82, 2.24) is 0 Å². The van der Waals surface area contributed by atoms with E-state index in [1.165, 1.54) is 11.1 Å². The number of hydrogen-bond acceptors (Lipinski definition) is 2. The van der Waals surface area contributed by atoms with Crippen LogP contribution in [0.4, 0.5) is 5.69 Å². The van der Waals surface area contributed by atoms with Crippen LogP contribution in [0.15, 0.2) is 48.5 Å². The molecular weight excluding hydrogens is 246 g/mol. The number of hydrogen-bond donors (Lipinski definition) is 1. The first kappa shape index (κ1) is 14.4. The molecule has 2 nitrogen and oxygen atoms in total. The number of rotatable bonds is 6. The van der Waals surface area contributed by atoms with Crippen LogP contribution in [0.25, 0.3) is 0 Å². The van der Waals surface area contributed by atoms with Crippen LogP contribution < -0.4 is 10.1 Å². The van der Waals surface area contributed by atoms with Gasteiger partial charge in [0.05, 0.1) is 6.61 Å². The summed E-state index contributed by atoms with van der Waals surface area (Å²) < 4.78 is 5.74. The first-order valence-electron chi connectivity index (χ1n) is 7.16. The molecule has 0 saturated carbocycles. The lowest BCUT2D eigenvalue weighted by Crippen LogP contribution is -2.05. The summed E-state index contributed by atoms with van der Waals surface area (Å²) in [5, 5.41) is 3.45. The molecule has 0 aliphatic carbocycles. The van der Waals surface area contributed by atoms with Crippen LogP contribution in [-0.2, 0) is 6.54 Å². The van der Waals surface area contributed by atoms with Gasteiger partial charge in [-0.3, -0.25) is 0 Å². The molecule has 0 radical (unpaired) electrons. The van der Waals surface area contributed by atoms with Crippen molar-refractivity contribution in [2.75, 3.05) is 11.9 Å². The first-order chi connectivity index (χ1) is 9.65. The van der Waals surface area contributed by atoms with E-state index in [9.17, 15) is 0 Å². The molecule has 0 fully saturated rings. The van der Waals surface area contributed by atoms with Crippen LogP contribution in [-0.4, -0.2) is 6.61 Å². The van der Waals surface area contributed by atoms with E-state index in [-0.39, 0.29) is 0 Å². The smallest absolute Gasteiger partial charge is 0.121 e. The molecule has 0 aromatic heterocycles. The summed E-state index contributed by atoms with van der Waals surface area (Å²) in [7, 11) is 0. The molecule has 0 aliphatic heterocycles. The highest BCUT2D eigenvalue weighted by atomic mass is 16.5. The molecule has 0 aliphatic rings. The summed E-state index contributed by atoms with van der Waals surface area (Å²) in [5.41, 5.74) is 3.72. The lowest BCUT2D eigenvalue weighted by Gasteiger charge is -2.12. The molecule has 0 bridgehead atoms. The van der Waals surface area contributed by atoms with E-state index < -0.39 is 0 Å². The van der Waals surface area contributed by atoms with Gasteiger partial charge in [0.2, 0.25) is 0 Å². The number of anilines is 1. The fraction of sp³-hybridized carbons (Fsp3) is 0.333. The maximum Gasteiger partial charge on any atom is 0.121 e. The molecule has 0 saturated heterocycles. The summed E-state index contributed by atoms with van der Waals surface area (Å²) in [6.45, 7) is 8.03. The lowest BCUT2D eigenvalue weighted by atomic mass is 10.1. The minimum atomic E-state index is 0.540. The standard InChI is InChI=1S/C18H23NO/c1-14(2)13-20-18-10-6-9-17(11-18)19-12-16-8-5-4-7-15(16)3/h4-11,14,19H,12-13H2,1-3H3. The summed E-state index contributed by atoms with van der Waals surface area (Å²) >= 11 is 0. The molecule has 2 rings (SSSR count). The largest absolute Gasteiger partial charge is 0.493 e. The Morgan fingerprint density at radius 1 is 1.05 bits per heavy atom. The topological polar surface area (TPSA) is 21.3 Å². The Bertz CT molecular complexity index is 549. The maximum atomic E-state index is 5.74. The molecule has 0 amide bonds. The molecule has 0 atom stereocenters. The normalized spacial score (nSPS) is 10.6. The van der Waals surface area contributed by atoms with Crippen LogP contribution in [0.1, 0.15) is 25.0 Å². The number of benzene rings is 2. The summed E-state index contributed by atoms with van der Waals surface area (Å²) in [4.78, 5) is 0. The Morgan fingerprint density at radius 3 is 2.60 bits per heavy atom. The van der Waals surface area contributed by atoms with Crippen LogP contribution in [0, 0.1) is 12.8 Å². The Hall–Kier alpha value is -1.96. The third-order valence-corrected chi connectivity index (χ3v) is 3.16. The van der Waals surface area contributed by atoms with Gasteiger partial charge in [-0.25, -0.2) is 0 Å². The van der Waals surface area contributed by atoms with Gasteiger partial charge < -0.3 is 10.1 Å². The highest BCUT2D eigenvalue weighted by Gasteiger charge is 2.00. The van der Waals surface area contributed by atoms with Crippen molar-refractivity contribution in [3.63, 3.8) is 0 Å². The summed E-state index contributed by atoms with van der Waals surface area (Å²) in [6.07, 6.45) is 0. The van der Waals surface area contributed by atoms with Crippen molar-refractivity contribution in [3.8, 4) is 5.75 Å². The molecule has 2 heteroatoms. The summed E-state index contributed by atoms with van der Waals surface area (Å²) in [6, 6.07) is 16.6. The van der Waals surface area contributed by atoms with Gasteiger partial charge in [-0.05, 0) is 36.1 Å². The second-order valence-electron chi connectivity index (χ2n) is 5.51. The van der Waals surface area contributed by atoms with Gasteiger partial charge in [0, 0.05) is 18.3 Å². The van der Waals surface area contributed by atoms with Crippen LogP contribution in [0.5, 0.6) is 5.75 Å². The average molecular weight is 269 g/mol. The van der Waals surface area contributed by atoms with Gasteiger partial charge in [-0.2, -0.15) is 0 Å². The zero-order chi connectivity index (χ0) is 14.4. The van der Waals surface area contributed by atoms with Crippen LogP contribution >= 0.6 is 0 Å². The average Bonchev–Trinajstić information content (AvgIpc) is 2.45. The molecular formula is C18H23NO. The van der Waals surface area contributed by atoms with Crippen molar-refractivity contribution >= 4 is 5.69 Å². The minimum Gasteiger partial charge on any atom is -0.493 e. The minimum absolute atomic E-state index is 0.540. The number of aryl methyl sites for hydroxylation is 1. The van der Waals surface area contributed by atoms with E-state index in [2.05, 4.69) is 62.5 Å². The maximum absolute atomic E-state index is 5.74. The van der Waals surface area contributed by atoms with Gasteiger partial charge in [-0.15, -0.1) is 0 Å². The Balaban J connectivity index is 1.96. The Kier molecular flexibility index (Phi) is 5.05. The lowest BCUT2D eigenvalue weighted by molar-refractivity contribution is 0.271. The predicted octanol–water partition coefficient (Wildman–Crippen LogP) is 4.64. The van der Waals surface area contributed by atoms with Gasteiger partial charge in [0.25, 0.3) is 0 Å². The van der Waals surface area contributed by atoms with E-state index in [0.717, 1.165) is 24.6 Å². The second kappa shape index (κ2) is 6.99. The van der Waals surface area contributed by atoms with E-state index in [4.69, 9.17) is 4.74 Å². The number of ether oxygens (including phenoxy) is 1. The fourth-order valence-corrected chi connectivity index (χ4v) is 1.96. The molecule has 20 heavy (non-hydrogen) atoms. The van der Waals surface area contributed by atoms with E-state index in [0.29, 0.717) is 5.92 Å². The van der Waals surface area contributed by atoms with E-state index >= 15 is 0 Å². The molecule has 1 N–H and O–H groups in total.